The number of aromatic nitrogens is 2. The lowest BCUT2D eigenvalue weighted by Gasteiger charge is -2.13. The van der Waals surface area contributed by atoms with Crippen molar-refractivity contribution < 1.29 is 39.8 Å². The molecule has 1 aromatic carbocycles. The van der Waals surface area contributed by atoms with E-state index in [1.54, 1.807) is 0 Å². The molecule has 0 atom stereocenters. The van der Waals surface area contributed by atoms with E-state index in [4.69, 9.17) is 4.74 Å². The minimum Gasteiger partial charge on any atom is -0.479 e. The van der Waals surface area contributed by atoms with Crippen LogP contribution in [0.3, 0.4) is 0 Å². The Labute approximate surface area is 160 Å². The number of benzene rings is 1. The van der Waals surface area contributed by atoms with Gasteiger partial charge in [-0.05, 0) is 6.07 Å². The van der Waals surface area contributed by atoms with E-state index in [9.17, 15) is 30.4 Å². The van der Waals surface area contributed by atoms with Crippen molar-refractivity contribution in [3.8, 4) is 11.8 Å². The van der Waals surface area contributed by atoms with Crippen molar-refractivity contribution in [2.24, 2.45) is 0 Å². The number of alkyl halides is 4. The van der Waals surface area contributed by atoms with Gasteiger partial charge in [0.2, 0.25) is 5.88 Å². The van der Waals surface area contributed by atoms with Gasteiger partial charge in [-0.3, -0.25) is 4.72 Å². The molecule has 0 amide bonds. The third-order valence-corrected chi connectivity index (χ3v) is 5.16. The van der Waals surface area contributed by atoms with Crippen molar-refractivity contribution in [3.63, 3.8) is 0 Å². The molecule has 2 N–H and O–H groups in total. The molecule has 13 heteroatoms. The van der Waals surface area contributed by atoms with E-state index in [2.05, 4.69) is 14.7 Å². The lowest BCUT2D eigenvalue weighted by atomic mass is 10.2. The molecule has 0 fully saturated rings. The highest BCUT2D eigenvalue weighted by atomic mass is 32.2. The maximum atomic E-state index is 13.9. The highest BCUT2D eigenvalue weighted by Gasteiger charge is 2.24. The minimum absolute atomic E-state index is 0.104. The summed E-state index contributed by atoms with van der Waals surface area (Å²) in [6.07, 6.45) is -1.68. The summed E-state index contributed by atoms with van der Waals surface area (Å²) in [5.41, 5.74) is -0.649. The fraction of sp³-hybridized carbons (Fsp3) is 0.188. The second-order valence-corrected chi connectivity index (χ2v) is 7.23. The first kappa shape index (κ1) is 20.6. The second kappa shape index (κ2) is 7.73. The SMILES string of the molecule is COc1nc(OC(F)F)c(F)cc1NS(=O)(=O)c1c[nH]c2cc(C(F)F)ccc12. The maximum absolute atomic E-state index is 13.9. The lowest BCUT2D eigenvalue weighted by molar-refractivity contribution is -0.0555. The maximum Gasteiger partial charge on any atom is 0.388 e. The summed E-state index contributed by atoms with van der Waals surface area (Å²) in [4.78, 5) is 5.63. The number of halogens is 5. The van der Waals surface area contributed by atoms with E-state index >= 15 is 0 Å². The van der Waals surface area contributed by atoms with Crippen LogP contribution in [0.2, 0.25) is 0 Å². The van der Waals surface area contributed by atoms with E-state index in [1.807, 2.05) is 4.72 Å². The van der Waals surface area contributed by atoms with Crippen LogP contribution in [0.15, 0.2) is 35.4 Å². The molecule has 2 aromatic heterocycles. The molecule has 3 rings (SSSR count). The predicted octanol–water partition coefficient (Wildman–Crippen LogP) is 4.05. The van der Waals surface area contributed by atoms with Crippen LogP contribution in [-0.4, -0.2) is 32.1 Å². The van der Waals surface area contributed by atoms with Crippen molar-refractivity contribution in [1.29, 1.82) is 0 Å². The van der Waals surface area contributed by atoms with Gasteiger partial charge in [0.25, 0.3) is 22.3 Å². The van der Waals surface area contributed by atoms with Gasteiger partial charge in [0.05, 0.1) is 7.11 Å². The average Bonchev–Trinajstić information content (AvgIpc) is 3.07. The summed E-state index contributed by atoms with van der Waals surface area (Å²) in [5.74, 6) is -2.96. The number of fused-ring (bicyclic) bond motifs is 1. The van der Waals surface area contributed by atoms with Gasteiger partial charge in [0.15, 0.2) is 5.82 Å². The third kappa shape index (κ3) is 4.18. The van der Waals surface area contributed by atoms with Crippen molar-refractivity contribution >= 4 is 26.6 Å². The Kier molecular flexibility index (Phi) is 5.50. The van der Waals surface area contributed by atoms with E-state index in [-0.39, 0.29) is 21.4 Å². The van der Waals surface area contributed by atoms with E-state index in [1.165, 1.54) is 6.07 Å². The standard InChI is InChI=1S/C16H12F5N3O4S/c1-27-15-11(5-9(17)14(23-15)28-16(20)21)24-29(25,26)12-6-22-10-4-7(13(18)19)2-3-8(10)12/h2-6,13,16,22,24H,1H3. The molecule has 0 bridgehead atoms. The van der Waals surface area contributed by atoms with Crippen LogP contribution in [0.1, 0.15) is 12.0 Å². The van der Waals surface area contributed by atoms with Crippen molar-refractivity contribution in [2.75, 3.05) is 11.8 Å². The molecule has 0 aliphatic heterocycles. The van der Waals surface area contributed by atoms with Crippen molar-refractivity contribution in [3.05, 3.63) is 41.8 Å². The quantitative estimate of drug-likeness (QED) is 0.544. The van der Waals surface area contributed by atoms with Gasteiger partial charge in [-0.25, -0.2) is 21.6 Å². The van der Waals surface area contributed by atoms with Crippen molar-refractivity contribution in [2.45, 2.75) is 17.9 Å². The summed E-state index contributed by atoms with van der Waals surface area (Å²) in [6, 6.07) is 3.91. The smallest absolute Gasteiger partial charge is 0.388 e. The van der Waals surface area contributed by atoms with Gasteiger partial charge in [0.1, 0.15) is 10.6 Å². The number of anilines is 1. The number of sulfonamides is 1. The Balaban J connectivity index is 1.99. The number of H-pyrrole nitrogens is 1. The molecular formula is C16H12F5N3O4S. The number of hydrogen-bond donors (Lipinski definition) is 2. The first-order valence-electron chi connectivity index (χ1n) is 7.73. The lowest BCUT2D eigenvalue weighted by Crippen LogP contribution is -2.15. The fourth-order valence-corrected chi connectivity index (χ4v) is 3.75. The molecule has 156 valence electrons. The van der Waals surface area contributed by atoms with Gasteiger partial charge in [-0.1, -0.05) is 12.1 Å². The summed E-state index contributed by atoms with van der Waals surface area (Å²) in [6.45, 7) is -3.35. The van der Waals surface area contributed by atoms with Gasteiger partial charge in [-0.2, -0.15) is 13.8 Å². The Morgan fingerprint density at radius 1 is 1.14 bits per heavy atom. The number of ether oxygens (including phenoxy) is 2. The van der Waals surface area contributed by atoms with Gasteiger partial charge >= 0.3 is 6.61 Å². The summed E-state index contributed by atoms with van der Waals surface area (Å²) >= 11 is 0. The molecule has 2 heterocycles. The Bertz CT molecular complexity index is 1150. The number of nitrogens with zero attached hydrogens (tertiary/aromatic N) is 1. The topological polar surface area (TPSA) is 93.3 Å². The Morgan fingerprint density at radius 2 is 1.86 bits per heavy atom. The molecule has 7 nitrogen and oxygen atoms in total. The molecule has 0 saturated carbocycles. The van der Waals surface area contributed by atoms with E-state index in [0.29, 0.717) is 6.07 Å². The van der Waals surface area contributed by atoms with Crippen LogP contribution in [0.25, 0.3) is 10.9 Å². The van der Waals surface area contributed by atoms with Gasteiger partial charge < -0.3 is 14.5 Å². The third-order valence-electron chi connectivity index (χ3n) is 3.76. The highest BCUT2D eigenvalue weighted by molar-refractivity contribution is 7.93. The van der Waals surface area contributed by atoms with Crippen LogP contribution in [0, 0.1) is 5.82 Å². The number of nitrogens with one attached hydrogen (secondary N) is 2. The molecule has 0 radical (unpaired) electrons. The molecule has 0 spiro atoms. The van der Waals surface area contributed by atoms with Crippen molar-refractivity contribution in [1.82, 2.24) is 9.97 Å². The van der Waals surface area contributed by atoms with Crippen LogP contribution < -0.4 is 14.2 Å². The van der Waals surface area contributed by atoms with Crippen LogP contribution in [-0.2, 0) is 10.0 Å². The number of pyridine rings is 1. The summed E-state index contributed by atoms with van der Waals surface area (Å²) < 4.78 is 100. The van der Waals surface area contributed by atoms with Gasteiger partial charge in [0, 0.05) is 28.7 Å². The zero-order chi connectivity index (χ0) is 21.3. The molecule has 3 aromatic rings. The minimum atomic E-state index is -4.36. The number of rotatable bonds is 7. The van der Waals surface area contributed by atoms with Crippen LogP contribution in [0.4, 0.5) is 27.6 Å². The second-order valence-electron chi connectivity index (χ2n) is 5.57. The normalized spacial score (nSPS) is 12.0. The summed E-state index contributed by atoms with van der Waals surface area (Å²) in [5, 5.41) is 0.104. The van der Waals surface area contributed by atoms with Crippen LogP contribution in [0.5, 0.6) is 11.8 Å². The largest absolute Gasteiger partial charge is 0.479 e. The van der Waals surface area contributed by atoms with E-state index in [0.717, 1.165) is 25.4 Å². The fourth-order valence-electron chi connectivity index (χ4n) is 2.53. The zero-order valence-corrected chi connectivity index (χ0v) is 15.2. The van der Waals surface area contributed by atoms with Crippen LogP contribution >= 0.6 is 0 Å². The Morgan fingerprint density at radius 3 is 2.48 bits per heavy atom. The molecule has 0 aliphatic rings. The highest BCUT2D eigenvalue weighted by Crippen LogP contribution is 2.33. The predicted molar refractivity (Wildman–Crippen MR) is 91.4 cm³/mol. The first-order valence-corrected chi connectivity index (χ1v) is 9.22. The molecular weight excluding hydrogens is 425 g/mol. The number of hydrogen-bond acceptors (Lipinski definition) is 5. The molecule has 0 unspecified atom stereocenters. The zero-order valence-electron chi connectivity index (χ0n) is 14.4. The molecule has 0 aliphatic carbocycles. The molecule has 29 heavy (non-hydrogen) atoms. The Hall–Kier alpha value is -3.09. The van der Waals surface area contributed by atoms with Gasteiger partial charge in [-0.15, -0.1) is 0 Å². The van der Waals surface area contributed by atoms with E-state index < -0.39 is 46.3 Å². The summed E-state index contributed by atoms with van der Waals surface area (Å²) in [7, 11) is -3.30. The monoisotopic (exact) mass is 437 g/mol. The number of aromatic amines is 1. The molecule has 0 saturated heterocycles. The average molecular weight is 437 g/mol. The number of methoxy groups -OCH3 is 1. The first-order chi connectivity index (χ1) is 13.6.